The molecule has 0 atom stereocenters. The molecule has 3 aromatic rings. The molecular formula is C20H19F3N4O3. The lowest BCUT2D eigenvalue weighted by molar-refractivity contribution is -0.137. The third-order valence-electron chi connectivity index (χ3n) is 4.95. The molecule has 1 saturated heterocycles. The molecule has 1 aliphatic rings. The zero-order chi connectivity index (χ0) is 21.1. The Hall–Kier alpha value is -3.14. The van der Waals surface area contributed by atoms with Crippen LogP contribution >= 0.6 is 0 Å². The van der Waals surface area contributed by atoms with Crippen LogP contribution < -0.4 is 5.32 Å². The second-order valence-electron chi connectivity index (χ2n) is 7.10. The van der Waals surface area contributed by atoms with Crippen LogP contribution in [0.25, 0.3) is 11.7 Å². The van der Waals surface area contributed by atoms with Crippen molar-refractivity contribution in [3.8, 4) is 11.7 Å². The van der Waals surface area contributed by atoms with Gasteiger partial charge in [0.1, 0.15) is 0 Å². The van der Waals surface area contributed by atoms with E-state index in [1.807, 2.05) is 4.90 Å². The molecule has 2 aromatic heterocycles. The van der Waals surface area contributed by atoms with Gasteiger partial charge in [0.25, 0.3) is 5.89 Å². The fraction of sp³-hybridized carbons (Fsp3) is 0.350. The fourth-order valence-electron chi connectivity index (χ4n) is 3.41. The number of halogens is 3. The first kappa shape index (κ1) is 20.1. The SMILES string of the molecule is O=C(CN1CCC(c2nnc(-c3ccco3)o2)CC1)Nc1cccc(C(F)(F)F)c1. The van der Waals surface area contributed by atoms with Crippen LogP contribution in [0, 0.1) is 0 Å². The summed E-state index contributed by atoms with van der Waals surface area (Å²) in [4.78, 5) is 14.2. The Morgan fingerprint density at radius 1 is 1.17 bits per heavy atom. The van der Waals surface area contributed by atoms with E-state index in [-0.39, 0.29) is 24.1 Å². The van der Waals surface area contributed by atoms with E-state index in [2.05, 4.69) is 15.5 Å². The highest BCUT2D eigenvalue weighted by Crippen LogP contribution is 2.31. The van der Waals surface area contributed by atoms with Crippen molar-refractivity contribution in [1.29, 1.82) is 0 Å². The average Bonchev–Trinajstić information content (AvgIpc) is 3.40. The van der Waals surface area contributed by atoms with Gasteiger partial charge in [-0.25, -0.2) is 0 Å². The van der Waals surface area contributed by atoms with Gasteiger partial charge in [-0.1, -0.05) is 6.07 Å². The van der Waals surface area contributed by atoms with Crippen LogP contribution in [0.3, 0.4) is 0 Å². The Morgan fingerprint density at radius 3 is 2.67 bits per heavy atom. The summed E-state index contributed by atoms with van der Waals surface area (Å²) in [5.74, 6) is 1.11. The summed E-state index contributed by atoms with van der Waals surface area (Å²) >= 11 is 0. The minimum absolute atomic E-state index is 0.0870. The number of rotatable bonds is 5. The molecule has 0 radical (unpaired) electrons. The van der Waals surface area contributed by atoms with Gasteiger partial charge in [0, 0.05) is 11.6 Å². The van der Waals surface area contributed by atoms with Crippen molar-refractivity contribution in [3.63, 3.8) is 0 Å². The van der Waals surface area contributed by atoms with Crippen molar-refractivity contribution in [2.45, 2.75) is 24.9 Å². The third-order valence-corrected chi connectivity index (χ3v) is 4.95. The van der Waals surface area contributed by atoms with Gasteiger partial charge >= 0.3 is 6.18 Å². The van der Waals surface area contributed by atoms with Gasteiger partial charge in [0.2, 0.25) is 11.8 Å². The number of carbonyl (C=O) groups is 1. The van der Waals surface area contributed by atoms with Crippen LogP contribution in [0.1, 0.15) is 30.2 Å². The number of nitrogens with zero attached hydrogens (tertiary/aromatic N) is 3. The molecule has 0 aliphatic carbocycles. The smallest absolute Gasteiger partial charge is 0.416 e. The maximum atomic E-state index is 12.8. The minimum atomic E-state index is -4.45. The fourth-order valence-corrected chi connectivity index (χ4v) is 3.41. The summed E-state index contributed by atoms with van der Waals surface area (Å²) in [6, 6.07) is 8.08. The van der Waals surface area contributed by atoms with E-state index < -0.39 is 11.7 Å². The first-order valence-corrected chi connectivity index (χ1v) is 9.45. The predicted molar refractivity (Wildman–Crippen MR) is 100 cm³/mol. The number of hydrogen-bond donors (Lipinski definition) is 1. The monoisotopic (exact) mass is 420 g/mol. The lowest BCUT2D eigenvalue weighted by Gasteiger charge is -2.29. The van der Waals surface area contributed by atoms with E-state index in [9.17, 15) is 18.0 Å². The van der Waals surface area contributed by atoms with Crippen molar-refractivity contribution in [2.75, 3.05) is 25.0 Å². The molecule has 10 heteroatoms. The molecule has 4 rings (SSSR count). The highest BCUT2D eigenvalue weighted by Gasteiger charge is 2.31. The van der Waals surface area contributed by atoms with Crippen molar-refractivity contribution in [1.82, 2.24) is 15.1 Å². The number of anilines is 1. The number of hydrogen-bond acceptors (Lipinski definition) is 6. The number of amides is 1. The van der Waals surface area contributed by atoms with Crippen LogP contribution in [-0.2, 0) is 11.0 Å². The van der Waals surface area contributed by atoms with Crippen LogP contribution in [-0.4, -0.2) is 40.6 Å². The average molecular weight is 420 g/mol. The Balaban J connectivity index is 1.28. The second kappa shape index (κ2) is 8.31. The first-order valence-electron chi connectivity index (χ1n) is 9.45. The van der Waals surface area contributed by atoms with Crippen LogP contribution in [0.15, 0.2) is 51.5 Å². The molecule has 0 bridgehead atoms. The molecule has 1 N–H and O–H groups in total. The van der Waals surface area contributed by atoms with E-state index in [4.69, 9.17) is 8.83 Å². The van der Waals surface area contributed by atoms with Crippen LogP contribution in [0.4, 0.5) is 18.9 Å². The molecule has 3 heterocycles. The van der Waals surface area contributed by atoms with Crippen molar-refractivity contribution < 1.29 is 26.8 Å². The van der Waals surface area contributed by atoms with Gasteiger partial charge in [0.05, 0.1) is 18.4 Å². The molecule has 30 heavy (non-hydrogen) atoms. The van der Waals surface area contributed by atoms with Crippen molar-refractivity contribution in [2.24, 2.45) is 0 Å². The number of aromatic nitrogens is 2. The second-order valence-corrected chi connectivity index (χ2v) is 7.10. The molecular weight excluding hydrogens is 401 g/mol. The Morgan fingerprint density at radius 2 is 1.97 bits per heavy atom. The summed E-state index contributed by atoms with van der Waals surface area (Å²) < 4.78 is 49.3. The summed E-state index contributed by atoms with van der Waals surface area (Å²) in [7, 11) is 0. The molecule has 1 aliphatic heterocycles. The molecule has 0 spiro atoms. The highest BCUT2D eigenvalue weighted by molar-refractivity contribution is 5.92. The Bertz CT molecular complexity index is 993. The number of benzene rings is 1. The quantitative estimate of drug-likeness (QED) is 0.667. The summed E-state index contributed by atoms with van der Waals surface area (Å²) in [6.45, 7) is 1.38. The number of likely N-dealkylation sites (tertiary alicyclic amines) is 1. The first-order chi connectivity index (χ1) is 14.4. The van der Waals surface area contributed by atoms with Gasteiger partial charge < -0.3 is 14.2 Å². The van der Waals surface area contributed by atoms with Gasteiger partial charge in [-0.15, -0.1) is 10.2 Å². The van der Waals surface area contributed by atoms with Crippen molar-refractivity contribution >= 4 is 11.6 Å². The zero-order valence-electron chi connectivity index (χ0n) is 15.9. The highest BCUT2D eigenvalue weighted by atomic mass is 19.4. The number of alkyl halides is 3. The topological polar surface area (TPSA) is 84.4 Å². The van der Waals surface area contributed by atoms with Gasteiger partial charge in [-0.05, 0) is 56.3 Å². The number of nitrogens with one attached hydrogen (secondary N) is 1. The van der Waals surface area contributed by atoms with Gasteiger partial charge in [-0.2, -0.15) is 13.2 Å². The van der Waals surface area contributed by atoms with Gasteiger partial charge in [0.15, 0.2) is 5.76 Å². The van der Waals surface area contributed by atoms with Crippen LogP contribution in [0.5, 0.6) is 0 Å². The largest absolute Gasteiger partial charge is 0.459 e. The minimum Gasteiger partial charge on any atom is -0.459 e. The lowest BCUT2D eigenvalue weighted by Crippen LogP contribution is -2.38. The number of furan rings is 1. The third kappa shape index (κ3) is 4.70. The predicted octanol–water partition coefficient (Wildman–Crippen LogP) is 4.17. The molecule has 1 amide bonds. The number of carbonyl (C=O) groups excluding carboxylic acids is 1. The zero-order valence-corrected chi connectivity index (χ0v) is 15.9. The standard InChI is InChI=1S/C20H19F3N4O3/c21-20(22,23)14-3-1-4-15(11-14)24-17(28)12-27-8-6-13(7-9-27)18-25-26-19(30-18)16-5-2-10-29-16/h1-5,10-11,13H,6-9,12H2,(H,24,28). The Labute approximate surface area is 169 Å². The number of piperidine rings is 1. The van der Waals surface area contributed by atoms with E-state index in [1.54, 1.807) is 12.1 Å². The molecule has 1 fully saturated rings. The van der Waals surface area contributed by atoms with Gasteiger partial charge in [-0.3, -0.25) is 9.69 Å². The van der Waals surface area contributed by atoms with Crippen LogP contribution in [0.2, 0.25) is 0 Å². The molecule has 0 saturated carbocycles. The maximum Gasteiger partial charge on any atom is 0.416 e. The van der Waals surface area contributed by atoms with E-state index >= 15 is 0 Å². The summed E-state index contributed by atoms with van der Waals surface area (Å²) in [5, 5.41) is 10.6. The summed E-state index contributed by atoms with van der Waals surface area (Å²) in [5.41, 5.74) is -0.671. The maximum absolute atomic E-state index is 12.8. The molecule has 158 valence electrons. The normalized spacial score (nSPS) is 16.0. The molecule has 0 unspecified atom stereocenters. The van der Waals surface area contributed by atoms with E-state index in [1.165, 1.54) is 18.4 Å². The van der Waals surface area contributed by atoms with E-state index in [0.29, 0.717) is 30.6 Å². The lowest BCUT2D eigenvalue weighted by atomic mass is 9.97. The molecule has 1 aromatic carbocycles. The van der Waals surface area contributed by atoms with Crippen molar-refractivity contribution in [3.05, 3.63) is 54.1 Å². The van der Waals surface area contributed by atoms with E-state index in [0.717, 1.165) is 25.0 Å². The Kier molecular flexibility index (Phi) is 5.58. The molecule has 7 nitrogen and oxygen atoms in total. The summed E-state index contributed by atoms with van der Waals surface area (Å²) in [6.07, 6.45) is -1.45.